The second kappa shape index (κ2) is 8.91. The molecule has 7 heteroatoms. The molecule has 2 fully saturated rings. The van der Waals surface area contributed by atoms with Gasteiger partial charge in [-0.3, -0.25) is 0 Å². The molecule has 0 bridgehead atoms. The van der Waals surface area contributed by atoms with Crippen LogP contribution in [0.2, 0.25) is 0 Å². The highest BCUT2D eigenvalue weighted by Gasteiger charge is 2.34. The van der Waals surface area contributed by atoms with Gasteiger partial charge in [-0.1, -0.05) is 6.42 Å². The number of halogens is 2. The van der Waals surface area contributed by atoms with Gasteiger partial charge in [-0.05, 0) is 52.4 Å². The third kappa shape index (κ3) is 4.42. The highest BCUT2D eigenvalue weighted by atomic mass is 79.9. The first-order chi connectivity index (χ1) is 11.8. The molecule has 1 aliphatic carbocycles. The van der Waals surface area contributed by atoms with E-state index in [9.17, 15) is 0 Å². The number of morpholine rings is 1. The summed E-state index contributed by atoms with van der Waals surface area (Å²) in [7, 11) is 0. The second-order valence-electron chi connectivity index (χ2n) is 6.82. The molecule has 0 amide bonds. The van der Waals surface area contributed by atoms with Crippen LogP contribution in [-0.2, 0) is 11.3 Å². The molecule has 1 saturated carbocycles. The van der Waals surface area contributed by atoms with Crippen LogP contribution in [-0.4, -0.2) is 45.1 Å². The minimum Gasteiger partial charge on any atom is -0.486 e. The average molecular weight is 434 g/mol. The third-order valence-electron chi connectivity index (χ3n) is 5.26. The molecule has 140 valence electrons. The lowest BCUT2D eigenvalue weighted by atomic mass is 9.94. The minimum absolute atomic E-state index is 0. The molecule has 5 nitrogen and oxygen atoms in total. The number of fused-ring (bicyclic) bond motifs is 1. The van der Waals surface area contributed by atoms with Gasteiger partial charge in [0.1, 0.15) is 13.2 Å². The molecular formula is C18H26BrClN2O3. The van der Waals surface area contributed by atoms with Crippen molar-refractivity contribution in [1.82, 2.24) is 10.6 Å². The van der Waals surface area contributed by atoms with Crippen LogP contribution in [0, 0.1) is 5.92 Å². The first-order valence-corrected chi connectivity index (χ1v) is 9.73. The van der Waals surface area contributed by atoms with Gasteiger partial charge >= 0.3 is 0 Å². The van der Waals surface area contributed by atoms with Gasteiger partial charge in [0, 0.05) is 25.2 Å². The molecule has 2 heterocycles. The summed E-state index contributed by atoms with van der Waals surface area (Å²) in [6, 6.07) is 5.27. The Bertz CT molecular complexity index is 584. The van der Waals surface area contributed by atoms with E-state index in [2.05, 4.69) is 38.7 Å². The van der Waals surface area contributed by atoms with Gasteiger partial charge in [0.05, 0.1) is 17.7 Å². The van der Waals surface area contributed by atoms with E-state index in [-0.39, 0.29) is 12.4 Å². The zero-order chi connectivity index (χ0) is 16.4. The smallest absolute Gasteiger partial charge is 0.175 e. The van der Waals surface area contributed by atoms with Gasteiger partial charge in [0.25, 0.3) is 0 Å². The molecule has 25 heavy (non-hydrogen) atoms. The molecular weight excluding hydrogens is 408 g/mol. The summed E-state index contributed by atoms with van der Waals surface area (Å²) in [6.45, 7) is 4.75. The van der Waals surface area contributed by atoms with Crippen molar-refractivity contribution >= 4 is 28.3 Å². The Morgan fingerprint density at radius 1 is 1.16 bits per heavy atom. The monoisotopic (exact) mass is 432 g/mol. The largest absolute Gasteiger partial charge is 0.486 e. The minimum atomic E-state index is 0. The molecule has 0 aromatic heterocycles. The van der Waals surface area contributed by atoms with Crippen LogP contribution in [0.25, 0.3) is 0 Å². The molecule has 0 radical (unpaired) electrons. The summed E-state index contributed by atoms with van der Waals surface area (Å²) in [5.41, 5.74) is 1.23. The Morgan fingerprint density at radius 2 is 2.04 bits per heavy atom. The van der Waals surface area contributed by atoms with Crippen molar-refractivity contribution in [2.45, 2.75) is 37.9 Å². The van der Waals surface area contributed by atoms with Crippen molar-refractivity contribution in [3.8, 4) is 11.5 Å². The molecule has 3 atom stereocenters. The zero-order valence-electron chi connectivity index (χ0n) is 14.3. The van der Waals surface area contributed by atoms with Gasteiger partial charge in [-0.15, -0.1) is 12.4 Å². The number of hydrogen-bond acceptors (Lipinski definition) is 5. The number of ether oxygens (including phenoxy) is 3. The Labute approximate surface area is 163 Å². The standard InChI is InChI=1S/C18H25BrN2O3.ClH/c19-14-8-12(9-17-18(14)24-7-6-23-17)10-21-15-3-1-2-13(15)16-11-22-5-4-20-16;/h8-9,13,15-16,20-21H,1-7,10-11H2;1H. The number of nitrogens with one attached hydrogen (secondary N) is 2. The van der Waals surface area contributed by atoms with Gasteiger partial charge in [0.2, 0.25) is 0 Å². The van der Waals surface area contributed by atoms with Gasteiger partial charge in [-0.2, -0.15) is 0 Å². The van der Waals surface area contributed by atoms with Crippen LogP contribution in [0.3, 0.4) is 0 Å². The molecule has 1 aromatic rings. The van der Waals surface area contributed by atoms with Crippen molar-refractivity contribution in [3.05, 3.63) is 22.2 Å². The molecule has 1 saturated heterocycles. The van der Waals surface area contributed by atoms with Crippen LogP contribution in [0.15, 0.2) is 16.6 Å². The van der Waals surface area contributed by atoms with Gasteiger partial charge in [-0.25, -0.2) is 0 Å². The molecule has 1 aromatic carbocycles. The topological polar surface area (TPSA) is 51.8 Å². The number of benzene rings is 1. The fourth-order valence-electron chi connectivity index (χ4n) is 4.10. The molecule has 0 spiro atoms. The average Bonchev–Trinajstić information content (AvgIpc) is 3.09. The van der Waals surface area contributed by atoms with Crippen LogP contribution < -0.4 is 20.1 Å². The van der Waals surface area contributed by atoms with E-state index in [1.165, 1.54) is 24.8 Å². The van der Waals surface area contributed by atoms with Crippen LogP contribution >= 0.6 is 28.3 Å². The van der Waals surface area contributed by atoms with E-state index in [1.54, 1.807) is 0 Å². The lowest BCUT2D eigenvalue weighted by Gasteiger charge is -2.33. The summed E-state index contributed by atoms with van der Waals surface area (Å²) >= 11 is 3.60. The maximum absolute atomic E-state index is 5.72. The molecule has 4 rings (SSSR count). The van der Waals surface area contributed by atoms with Crippen molar-refractivity contribution < 1.29 is 14.2 Å². The number of hydrogen-bond donors (Lipinski definition) is 2. The van der Waals surface area contributed by atoms with Crippen molar-refractivity contribution in [2.24, 2.45) is 5.92 Å². The Balaban J connectivity index is 0.00000182. The van der Waals surface area contributed by atoms with Crippen LogP contribution in [0.4, 0.5) is 0 Å². The maximum Gasteiger partial charge on any atom is 0.175 e. The Kier molecular flexibility index (Phi) is 6.86. The highest BCUT2D eigenvalue weighted by Crippen LogP contribution is 2.38. The predicted octanol–water partition coefficient (Wildman–Crippen LogP) is 2.89. The Morgan fingerprint density at radius 3 is 2.88 bits per heavy atom. The van der Waals surface area contributed by atoms with Crippen LogP contribution in [0.1, 0.15) is 24.8 Å². The summed E-state index contributed by atoms with van der Waals surface area (Å²) in [4.78, 5) is 0. The Hall–Kier alpha value is -0.530. The summed E-state index contributed by atoms with van der Waals surface area (Å²) in [6.07, 6.45) is 3.82. The first kappa shape index (κ1) is 19.2. The van der Waals surface area contributed by atoms with Crippen molar-refractivity contribution in [1.29, 1.82) is 0 Å². The normalized spacial score (nSPS) is 28.4. The molecule has 2 N–H and O–H groups in total. The van der Waals surface area contributed by atoms with E-state index < -0.39 is 0 Å². The summed E-state index contributed by atoms with van der Waals surface area (Å²) < 4.78 is 18.0. The quantitative estimate of drug-likeness (QED) is 0.765. The van der Waals surface area contributed by atoms with E-state index >= 15 is 0 Å². The molecule has 3 unspecified atom stereocenters. The van der Waals surface area contributed by atoms with Crippen molar-refractivity contribution in [3.63, 3.8) is 0 Å². The van der Waals surface area contributed by atoms with E-state index in [1.807, 2.05) is 0 Å². The fourth-order valence-corrected chi connectivity index (χ4v) is 4.70. The maximum atomic E-state index is 5.72. The van der Waals surface area contributed by atoms with E-state index in [0.29, 0.717) is 31.2 Å². The summed E-state index contributed by atoms with van der Waals surface area (Å²) in [5.74, 6) is 2.33. The lowest BCUT2D eigenvalue weighted by Crippen LogP contribution is -2.50. The van der Waals surface area contributed by atoms with E-state index in [0.717, 1.165) is 42.3 Å². The number of rotatable bonds is 4. The molecule has 2 aliphatic heterocycles. The van der Waals surface area contributed by atoms with Gasteiger partial charge < -0.3 is 24.8 Å². The van der Waals surface area contributed by atoms with Crippen LogP contribution in [0.5, 0.6) is 11.5 Å². The van der Waals surface area contributed by atoms with Gasteiger partial charge in [0.15, 0.2) is 11.5 Å². The van der Waals surface area contributed by atoms with Crippen molar-refractivity contribution in [2.75, 3.05) is 33.0 Å². The highest BCUT2D eigenvalue weighted by molar-refractivity contribution is 9.10. The summed E-state index contributed by atoms with van der Waals surface area (Å²) in [5, 5.41) is 7.40. The predicted molar refractivity (Wildman–Crippen MR) is 103 cm³/mol. The lowest BCUT2D eigenvalue weighted by molar-refractivity contribution is 0.0524. The SMILES string of the molecule is Brc1cc(CNC2CCCC2C2COCCN2)cc2c1OCCO2.Cl. The molecule has 3 aliphatic rings. The fraction of sp³-hybridized carbons (Fsp3) is 0.667. The first-order valence-electron chi connectivity index (χ1n) is 8.94. The van der Waals surface area contributed by atoms with E-state index in [4.69, 9.17) is 14.2 Å². The third-order valence-corrected chi connectivity index (χ3v) is 5.85. The zero-order valence-corrected chi connectivity index (χ0v) is 16.7. The second-order valence-corrected chi connectivity index (χ2v) is 7.67.